The highest BCUT2D eigenvalue weighted by atomic mass is 35.5. The predicted molar refractivity (Wildman–Crippen MR) is 88.7 cm³/mol. The van der Waals surface area contributed by atoms with Gasteiger partial charge in [-0.15, -0.1) is 11.8 Å². The number of thioether (sulfide) groups is 1. The van der Waals surface area contributed by atoms with E-state index in [9.17, 15) is 13.6 Å². The van der Waals surface area contributed by atoms with Crippen molar-refractivity contribution in [3.05, 3.63) is 64.7 Å². The number of anilines is 1. The molecule has 3 nitrogen and oxygen atoms in total. The van der Waals surface area contributed by atoms with Gasteiger partial charge in [0.2, 0.25) is 0 Å². The lowest BCUT2D eigenvalue weighted by molar-refractivity contribution is 0.214. The first-order chi connectivity index (χ1) is 11.0. The van der Waals surface area contributed by atoms with Gasteiger partial charge in [0.1, 0.15) is 17.0 Å². The van der Waals surface area contributed by atoms with Gasteiger partial charge in [0, 0.05) is 18.0 Å². The smallest absolute Gasteiger partial charge is 0.308 e. The topological polar surface area (TPSA) is 32.3 Å². The monoisotopic (exact) mass is 354 g/mol. The van der Waals surface area contributed by atoms with E-state index in [-0.39, 0.29) is 22.2 Å². The number of nitrogens with zero attached hydrogens (tertiary/aromatic N) is 1. The molecular formula is C16H13ClF2N2OS. The zero-order chi connectivity index (χ0) is 16.4. The Hall–Kier alpha value is -1.79. The van der Waals surface area contributed by atoms with Gasteiger partial charge >= 0.3 is 6.03 Å². The summed E-state index contributed by atoms with van der Waals surface area (Å²) in [4.78, 5) is 14.1. The van der Waals surface area contributed by atoms with Crippen molar-refractivity contribution in [3.8, 4) is 0 Å². The minimum Gasteiger partial charge on any atom is -0.308 e. The van der Waals surface area contributed by atoms with Gasteiger partial charge in [-0.05, 0) is 35.9 Å². The van der Waals surface area contributed by atoms with E-state index in [0.717, 1.165) is 11.3 Å². The minimum absolute atomic E-state index is 0.0475. The Balaban J connectivity index is 1.75. The molecule has 1 heterocycles. The molecule has 2 aromatic rings. The van der Waals surface area contributed by atoms with E-state index < -0.39 is 5.82 Å². The Labute approximate surface area is 141 Å². The molecule has 0 saturated carbocycles. The van der Waals surface area contributed by atoms with Crippen molar-refractivity contribution in [2.24, 2.45) is 0 Å². The molecule has 0 spiro atoms. The number of rotatable bonds is 2. The molecule has 2 amide bonds. The molecule has 0 aromatic heterocycles. The van der Waals surface area contributed by atoms with Gasteiger partial charge < -0.3 is 10.2 Å². The molecule has 2 aromatic carbocycles. The van der Waals surface area contributed by atoms with Crippen LogP contribution in [-0.2, 0) is 0 Å². The maximum atomic E-state index is 13.2. The van der Waals surface area contributed by atoms with E-state index in [0.29, 0.717) is 12.2 Å². The van der Waals surface area contributed by atoms with Crippen LogP contribution in [0.4, 0.5) is 19.3 Å². The van der Waals surface area contributed by atoms with Gasteiger partial charge in [-0.25, -0.2) is 13.6 Å². The van der Waals surface area contributed by atoms with E-state index >= 15 is 0 Å². The molecule has 0 bridgehead atoms. The summed E-state index contributed by atoms with van der Waals surface area (Å²) >= 11 is 7.33. The highest BCUT2D eigenvalue weighted by molar-refractivity contribution is 7.99. The summed E-state index contributed by atoms with van der Waals surface area (Å²) in [6.07, 6.45) is 0. The molecule has 1 atom stereocenters. The van der Waals surface area contributed by atoms with Crippen LogP contribution in [0, 0.1) is 11.6 Å². The van der Waals surface area contributed by atoms with Crippen molar-refractivity contribution >= 4 is 35.1 Å². The maximum Gasteiger partial charge on any atom is 0.323 e. The number of urea groups is 1. The lowest BCUT2D eigenvalue weighted by Gasteiger charge is -2.24. The normalized spacial score (nSPS) is 17.3. The van der Waals surface area contributed by atoms with Gasteiger partial charge in [-0.3, -0.25) is 0 Å². The van der Waals surface area contributed by atoms with Crippen LogP contribution in [-0.4, -0.2) is 23.2 Å². The zero-order valence-electron chi connectivity index (χ0n) is 11.9. The summed E-state index contributed by atoms with van der Waals surface area (Å²) < 4.78 is 26.2. The van der Waals surface area contributed by atoms with Gasteiger partial charge in [-0.2, -0.15) is 0 Å². The molecule has 3 rings (SSSR count). The summed E-state index contributed by atoms with van der Waals surface area (Å²) in [6.45, 7) is 0.577. The molecule has 1 aliphatic rings. The predicted octanol–water partition coefficient (Wildman–Crippen LogP) is 4.90. The van der Waals surface area contributed by atoms with Crippen molar-refractivity contribution in [1.82, 2.24) is 4.90 Å². The van der Waals surface area contributed by atoms with Crippen LogP contribution in [0.1, 0.15) is 10.9 Å². The van der Waals surface area contributed by atoms with Crippen LogP contribution in [0.25, 0.3) is 0 Å². The van der Waals surface area contributed by atoms with Crippen LogP contribution in [0.2, 0.25) is 5.02 Å². The number of carbonyl (C=O) groups is 1. The number of nitrogens with one attached hydrogen (secondary N) is 1. The van der Waals surface area contributed by atoms with E-state index in [1.54, 1.807) is 28.8 Å². The van der Waals surface area contributed by atoms with Gasteiger partial charge in [-0.1, -0.05) is 23.7 Å². The number of hydrogen-bond acceptors (Lipinski definition) is 2. The van der Waals surface area contributed by atoms with Crippen LogP contribution < -0.4 is 5.32 Å². The third-order valence-corrected chi connectivity index (χ3v) is 5.03. The fourth-order valence-electron chi connectivity index (χ4n) is 2.35. The highest BCUT2D eigenvalue weighted by Crippen LogP contribution is 2.38. The molecule has 23 heavy (non-hydrogen) atoms. The summed E-state index contributed by atoms with van der Waals surface area (Å²) in [7, 11) is 0. The first kappa shape index (κ1) is 16.1. The number of amides is 2. The van der Waals surface area contributed by atoms with Crippen molar-refractivity contribution < 1.29 is 13.6 Å². The summed E-state index contributed by atoms with van der Waals surface area (Å²) in [5, 5.41) is 2.49. The average Bonchev–Trinajstić information content (AvgIpc) is 3.01. The van der Waals surface area contributed by atoms with Crippen molar-refractivity contribution in [1.29, 1.82) is 0 Å². The molecule has 1 aliphatic heterocycles. The second-order valence-corrected chi connectivity index (χ2v) is 6.62. The third kappa shape index (κ3) is 3.59. The molecule has 0 aliphatic carbocycles. The first-order valence-corrected chi connectivity index (χ1v) is 8.37. The Bertz CT molecular complexity index is 727. The molecular weight excluding hydrogens is 342 g/mol. The Kier molecular flexibility index (Phi) is 4.73. The number of halogens is 3. The standard InChI is InChI=1S/C16H13ClF2N2OS/c17-13-9-12(5-6-14(13)19)20-16(22)21-7-8-23-15(21)10-1-3-11(18)4-2-10/h1-6,9,15H,7-8H2,(H,20,22). The van der Waals surface area contributed by atoms with Crippen molar-refractivity contribution in [2.45, 2.75) is 5.37 Å². The third-order valence-electron chi connectivity index (χ3n) is 3.48. The molecule has 1 N–H and O–H groups in total. The Morgan fingerprint density at radius 2 is 1.96 bits per heavy atom. The molecule has 7 heteroatoms. The molecule has 1 fully saturated rings. The van der Waals surface area contributed by atoms with Crippen molar-refractivity contribution in [3.63, 3.8) is 0 Å². The quantitative estimate of drug-likeness (QED) is 0.832. The fraction of sp³-hybridized carbons (Fsp3) is 0.188. The Morgan fingerprint density at radius 1 is 1.22 bits per heavy atom. The lowest BCUT2D eigenvalue weighted by Crippen LogP contribution is -2.34. The summed E-state index contributed by atoms with van der Waals surface area (Å²) in [5.41, 5.74) is 1.29. The first-order valence-electron chi connectivity index (χ1n) is 6.94. The largest absolute Gasteiger partial charge is 0.323 e. The fourth-order valence-corrected chi connectivity index (χ4v) is 3.79. The zero-order valence-corrected chi connectivity index (χ0v) is 13.5. The van der Waals surface area contributed by atoms with Gasteiger partial charge in [0.25, 0.3) is 0 Å². The summed E-state index contributed by atoms with van der Waals surface area (Å²) in [5.74, 6) is -0.0566. The molecule has 1 unspecified atom stereocenters. The van der Waals surface area contributed by atoms with E-state index in [4.69, 9.17) is 11.6 Å². The van der Waals surface area contributed by atoms with E-state index in [1.807, 2.05) is 0 Å². The average molecular weight is 355 g/mol. The Morgan fingerprint density at radius 3 is 2.65 bits per heavy atom. The van der Waals surface area contributed by atoms with Gasteiger partial charge in [0.15, 0.2) is 0 Å². The second kappa shape index (κ2) is 6.76. The van der Waals surface area contributed by atoms with Crippen molar-refractivity contribution in [2.75, 3.05) is 17.6 Å². The molecule has 1 saturated heterocycles. The van der Waals surface area contributed by atoms with Crippen LogP contribution in [0.3, 0.4) is 0 Å². The SMILES string of the molecule is O=C(Nc1ccc(F)c(Cl)c1)N1CCSC1c1ccc(F)cc1. The van der Waals surface area contributed by atoms with E-state index in [2.05, 4.69) is 5.32 Å². The minimum atomic E-state index is -0.536. The van der Waals surface area contributed by atoms with Crippen LogP contribution >= 0.6 is 23.4 Å². The van der Waals surface area contributed by atoms with Gasteiger partial charge in [0.05, 0.1) is 5.02 Å². The number of hydrogen-bond donors (Lipinski definition) is 1. The molecule has 120 valence electrons. The lowest BCUT2D eigenvalue weighted by atomic mass is 10.2. The summed E-state index contributed by atoms with van der Waals surface area (Å²) in [6, 6.07) is 9.83. The number of carbonyl (C=O) groups excluding carboxylic acids is 1. The number of benzene rings is 2. The maximum absolute atomic E-state index is 13.2. The van der Waals surface area contributed by atoms with E-state index in [1.165, 1.54) is 30.3 Å². The second-order valence-electron chi connectivity index (χ2n) is 5.03. The highest BCUT2D eigenvalue weighted by Gasteiger charge is 2.30. The van der Waals surface area contributed by atoms with Crippen LogP contribution in [0.15, 0.2) is 42.5 Å². The van der Waals surface area contributed by atoms with Crippen LogP contribution in [0.5, 0.6) is 0 Å². The molecule has 0 radical (unpaired) electrons.